The molecule has 0 aromatic heterocycles. The van der Waals surface area contributed by atoms with Crippen LogP contribution in [-0.4, -0.2) is 31.5 Å². The number of aliphatic hydroxyl groups is 1. The van der Waals surface area contributed by atoms with Crippen molar-refractivity contribution in [2.75, 3.05) is 26.4 Å². The van der Waals surface area contributed by atoms with E-state index in [9.17, 15) is 0 Å². The molecule has 0 saturated heterocycles. The Bertz CT molecular complexity index is 103. The molecule has 0 fully saturated rings. The first-order chi connectivity index (χ1) is 5.68. The third-order valence-corrected chi connectivity index (χ3v) is 2.07. The highest BCUT2D eigenvalue weighted by atomic mass is 16.5. The van der Waals surface area contributed by atoms with Gasteiger partial charge in [0.15, 0.2) is 0 Å². The minimum Gasteiger partial charge on any atom is -0.396 e. The van der Waals surface area contributed by atoms with Crippen LogP contribution in [0.25, 0.3) is 0 Å². The number of nitrogens with two attached hydrogens (primary N) is 1. The van der Waals surface area contributed by atoms with Gasteiger partial charge in [-0.05, 0) is 19.4 Å². The van der Waals surface area contributed by atoms with Crippen LogP contribution in [0.15, 0.2) is 0 Å². The smallest absolute Gasteiger partial charge is 0.0497 e. The normalized spacial score (nSPS) is 16.0. The maximum absolute atomic E-state index is 9.01. The molecule has 1 unspecified atom stereocenters. The van der Waals surface area contributed by atoms with Crippen molar-refractivity contribution in [3.63, 3.8) is 0 Å². The van der Waals surface area contributed by atoms with Crippen LogP contribution < -0.4 is 5.73 Å². The maximum atomic E-state index is 9.01. The number of aliphatic hydroxyl groups excluding tert-OH is 1. The molecule has 0 bridgehead atoms. The fraction of sp³-hybridized carbons (Fsp3) is 1.00. The van der Waals surface area contributed by atoms with Gasteiger partial charge in [-0.25, -0.2) is 0 Å². The number of hydrogen-bond acceptors (Lipinski definition) is 3. The van der Waals surface area contributed by atoms with Crippen LogP contribution in [0.2, 0.25) is 0 Å². The fourth-order valence-corrected chi connectivity index (χ4v) is 0.811. The molecule has 1 atom stereocenters. The van der Waals surface area contributed by atoms with E-state index in [-0.39, 0.29) is 12.0 Å². The van der Waals surface area contributed by atoms with Crippen molar-refractivity contribution in [3.05, 3.63) is 0 Å². The van der Waals surface area contributed by atoms with Crippen molar-refractivity contribution in [1.29, 1.82) is 0 Å². The third kappa shape index (κ3) is 4.70. The molecular formula is C9H21NO2. The average molecular weight is 175 g/mol. The quantitative estimate of drug-likeness (QED) is 0.562. The number of hydrogen-bond donors (Lipinski definition) is 2. The van der Waals surface area contributed by atoms with Crippen LogP contribution in [0.4, 0.5) is 0 Å². The third-order valence-electron chi connectivity index (χ3n) is 2.07. The maximum Gasteiger partial charge on any atom is 0.0497 e. The van der Waals surface area contributed by atoms with E-state index in [4.69, 9.17) is 15.6 Å². The molecule has 0 aliphatic carbocycles. The van der Waals surface area contributed by atoms with Crippen molar-refractivity contribution in [3.8, 4) is 0 Å². The van der Waals surface area contributed by atoms with E-state index >= 15 is 0 Å². The molecular weight excluding hydrogens is 154 g/mol. The first-order valence-electron chi connectivity index (χ1n) is 4.57. The highest BCUT2D eigenvalue weighted by Crippen LogP contribution is 2.18. The molecule has 0 aromatic carbocycles. The Balaban J connectivity index is 3.45. The zero-order chi connectivity index (χ0) is 9.45. The van der Waals surface area contributed by atoms with Crippen LogP contribution in [0.1, 0.15) is 26.7 Å². The summed E-state index contributed by atoms with van der Waals surface area (Å²) in [7, 11) is 0. The molecule has 0 aromatic rings. The molecule has 3 nitrogen and oxygen atoms in total. The summed E-state index contributed by atoms with van der Waals surface area (Å²) >= 11 is 0. The molecule has 74 valence electrons. The minimum atomic E-state index is -0.159. The standard InChI is InChI=1S/C9H21NO2/c1-3-5-12-6-4-9(2,7-10)8-11/h11H,3-8,10H2,1-2H3. The minimum absolute atomic E-state index is 0.138. The number of ether oxygens (including phenoxy) is 1. The van der Waals surface area contributed by atoms with Crippen LogP contribution in [0.3, 0.4) is 0 Å². The Morgan fingerprint density at radius 2 is 2.08 bits per heavy atom. The van der Waals surface area contributed by atoms with Crippen molar-refractivity contribution < 1.29 is 9.84 Å². The summed E-state index contributed by atoms with van der Waals surface area (Å²) in [5.74, 6) is 0. The lowest BCUT2D eigenvalue weighted by Gasteiger charge is -2.24. The lowest BCUT2D eigenvalue weighted by molar-refractivity contribution is 0.0712. The van der Waals surface area contributed by atoms with Crippen molar-refractivity contribution in [1.82, 2.24) is 0 Å². The molecule has 12 heavy (non-hydrogen) atoms. The topological polar surface area (TPSA) is 55.5 Å². The zero-order valence-corrected chi connectivity index (χ0v) is 8.18. The molecule has 0 saturated carbocycles. The highest BCUT2D eigenvalue weighted by Gasteiger charge is 2.20. The second kappa shape index (κ2) is 6.40. The predicted molar refractivity (Wildman–Crippen MR) is 50.0 cm³/mol. The lowest BCUT2D eigenvalue weighted by atomic mass is 9.88. The molecule has 0 aliphatic rings. The second-order valence-electron chi connectivity index (χ2n) is 3.54. The van der Waals surface area contributed by atoms with E-state index in [1.807, 2.05) is 6.92 Å². The van der Waals surface area contributed by atoms with Gasteiger partial charge in [0.05, 0.1) is 0 Å². The molecule has 0 radical (unpaired) electrons. The number of rotatable bonds is 7. The summed E-state index contributed by atoms with van der Waals surface area (Å²) in [6.07, 6.45) is 1.87. The van der Waals surface area contributed by atoms with Gasteiger partial charge in [-0.3, -0.25) is 0 Å². The Morgan fingerprint density at radius 3 is 2.50 bits per heavy atom. The molecule has 0 rings (SSSR count). The summed E-state index contributed by atoms with van der Waals surface area (Å²) in [4.78, 5) is 0. The first-order valence-corrected chi connectivity index (χ1v) is 4.57. The largest absolute Gasteiger partial charge is 0.396 e. The van der Waals surface area contributed by atoms with Crippen molar-refractivity contribution >= 4 is 0 Å². The van der Waals surface area contributed by atoms with Crippen LogP contribution >= 0.6 is 0 Å². The Hall–Kier alpha value is -0.120. The lowest BCUT2D eigenvalue weighted by Crippen LogP contribution is -2.32. The van der Waals surface area contributed by atoms with Gasteiger partial charge in [-0.2, -0.15) is 0 Å². The zero-order valence-electron chi connectivity index (χ0n) is 8.18. The van der Waals surface area contributed by atoms with Crippen molar-refractivity contribution in [2.24, 2.45) is 11.1 Å². The summed E-state index contributed by atoms with van der Waals surface area (Å²) in [5.41, 5.74) is 5.36. The Morgan fingerprint density at radius 1 is 1.42 bits per heavy atom. The Labute approximate surface area is 74.9 Å². The monoisotopic (exact) mass is 175 g/mol. The molecule has 3 N–H and O–H groups in total. The van der Waals surface area contributed by atoms with Gasteiger partial charge in [-0.1, -0.05) is 13.8 Å². The molecule has 0 spiro atoms. The van der Waals surface area contributed by atoms with Gasteiger partial charge in [-0.15, -0.1) is 0 Å². The summed E-state index contributed by atoms with van der Waals surface area (Å²) < 4.78 is 5.32. The van der Waals surface area contributed by atoms with Crippen LogP contribution in [0, 0.1) is 5.41 Å². The van der Waals surface area contributed by atoms with E-state index in [0.717, 1.165) is 19.4 Å². The fourth-order valence-electron chi connectivity index (χ4n) is 0.811. The van der Waals surface area contributed by atoms with Crippen LogP contribution in [0.5, 0.6) is 0 Å². The van der Waals surface area contributed by atoms with Gasteiger partial charge in [0.1, 0.15) is 0 Å². The van der Waals surface area contributed by atoms with Crippen LogP contribution in [-0.2, 0) is 4.74 Å². The Kier molecular flexibility index (Phi) is 6.34. The first kappa shape index (κ1) is 11.9. The molecule has 0 amide bonds. The van der Waals surface area contributed by atoms with E-state index in [0.29, 0.717) is 13.2 Å². The second-order valence-corrected chi connectivity index (χ2v) is 3.54. The van der Waals surface area contributed by atoms with E-state index in [1.165, 1.54) is 0 Å². The summed E-state index contributed by atoms with van der Waals surface area (Å²) in [5, 5.41) is 9.01. The highest BCUT2D eigenvalue weighted by molar-refractivity contribution is 4.73. The summed E-state index contributed by atoms with van der Waals surface area (Å²) in [6, 6.07) is 0. The van der Waals surface area contributed by atoms with Crippen molar-refractivity contribution in [2.45, 2.75) is 26.7 Å². The summed E-state index contributed by atoms with van der Waals surface area (Å²) in [6.45, 7) is 6.20. The van der Waals surface area contributed by atoms with E-state index < -0.39 is 0 Å². The van der Waals surface area contributed by atoms with E-state index in [1.54, 1.807) is 0 Å². The van der Waals surface area contributed by atoms with Gasteiger partial charge in [0.25, 0.3) is 0 Å². The molecule has 0 heterocycles. The van der Waals surface area contributed by atoms with Gasteiger partial charge < -0.3 is 15.6 Å². The van der Waals surface area contributed by atoms with Gasteiger partial charge >= 0.3 is 0 Å². The predicted octanol–water partition coefficient (Wildman–Crippen LogP) is 0.760. The van der Waals surface area contributed by atoms with Gasteiger partial charge in [0.2, 0.25) is 0 Å². The average Bonchev–Trinajstić information content (AvgIpc) is 2.12. The van der Waals surface area contributed by atoms with Gasteiger partial charge in [0, 0.05) is 25.2 Å². The van der Waals surface area contributed by atoms with E-state index in [2.05, 4.69) is 6.92 Å². The molecule has 0 aliphatic heterocycles. The SMILES string of the molecule is CCCOCCC(C)(CN)CO. The molecule has 3 heteroatoms.